The first-order valence-electron chi connectivity index (χ1n) is 12.7. The number of hydrogen-bond donors (Lipinski definition) is 0. The number of carbonyl (C=O) groups is 1. The molecule has 0 aliphatic rings. The molecule has 5 heteroatoms. The summed E-state index contributed by atoms with van der Waals surface area (Å²) < 4.78 is 18.0. The molecule has 4 nitrogen and oxygen atoms in total. The van der Waals surface area contributed by atoms with Crippen molar-refractivity contribution >= 4 is 20.4 Å². The molecule has 0 spiro atoms. The lowest BCUT2D eigenvalue weighted by molar-refractivity contribution is -0.174. The Morgan fingerprint density at radius 1 is 1.00 bits per heavy atom. The van der Waals surface area contributed by atoms with E-state index in [9.17, 15) is 4.79 Å². The van der Waals surface area contributed by atoms with Gasteiger partial charge in [0.1, 0.15) is 5.75 Å². The van der Waals surface area contributed by atoms with Crippen molar-refractivity contribution in [1.29, 1.82) is 0 Å². The molecule has 0 saturated heterocycles. The molecule has 0 aliphatic heterocycles. The highest BCUT2D eigenvalue weighted by Crippen LogP contribution is 2.38. The summed E-state index contributed by atoms with van der Waals surface area (Å²) in [6, 6.07) is 16.4. The maximum absolute atomic E-state index is 12.7. The van der Waals surface area contributed by atoms with Crippen LogP contribution in [0.4, 0.5) is 0 Å². The summed E-state index contributed by atoms with van der Waals surface area (Å²) >= 11 is 0. The van der Waals surface area contributed by atoms with Crippen LogP contribution in [-0.2, 0) is 14.3 Å². The molecule has 0 saturated carbocycles. The van der Waals surface area contributed by atoms with Gasteiger partial charge in [-0.25, -0.2) is 4.79 Å². The molecule has 0 heterocycles. The van der Waals surface area contributed by atoms with Gasteiger partial charge in [0.15, 0.2) is 0 Å². The second kappa shape index (κ2) is 12.5. The third-order valence-electron chi connectivity index (χ3n) is 6.78. The zero-order valence-electron chi connectivity index (χ0n) is 23.1. The van der Waals surface area contributed by atoms with Gasteiger partial charge in [0, 0.05) is 24.7 Å². The van der Waals surface area contributed by atoms with Crippen molar-refractivity contribution < 1.29 is 18.7 Å². The topological polar surface area (TPSA) is 44.8 Å². The van der Waals surface area contributed by atoms with Crippen molar-refractivity contribution in [2.45, 2.75) is 91.1 Å². The Labute approximate surface area is 213 Å². The summed E-state index contributed by atoms with van der Waals surface area (Å²) in [7, 11) is -2.00. The van der Waals surface area contributed by atoms with Gasteiger partial charge in [0.2, 0.25) is 6.29 Å². The van der Waals surface area contributed by atoms with E-state index in [0.717, 1.165) is 11.3 Å². The van der Waals surface area contributed by atoms with Crippen molar-refractivity contribution in [1.82, 2.24) is 0 Å². The molecule has 0 amide bonds. The van der Waals surface area contributed by atoms with E-state index in [1.54, 1.807) is 6.08 Å². The third-order valence-corrected chi connectivity index (χ3v) is 11.1. The molecule has 2 aromatic carbocycles. The first-order valence-corrected chi connectivity index (χ1v) is 15.6. The average molecular weight is 497 g/mol. The molecule has 0 fully saturated rings. The molecule has 192 valence electrons. The highest BCUT2D eigenvalue weighted by atomic mass is 28.4. The second-order valence-electron chi connectivity index (χ2n) is 11.0. The van der Waals surface area contributed by atoms with Crippen molar-refractivity contribution in [2.24, 2.45) is 0 Å². The van der Waals surface area contributed by atoms with Crippen LogP contribution in [-0.4, -0.2) is 27.2 Å². The van der Waals surface area contributed by atoms with Gasteiger partial charge in [-0.15, -0.1) is 0 Å². The predicted molar refractivity (Wildman–Crippen MR) is 148 cm³/mol. The van der Waals surface area contributed by atoms with E-state index in [1.165, 1.54) is 17.2 Å². The van der Waals surface area contributed by atoms with Crippen LogP contribution < -0.4 is 4.43 Å². The van der Waals surface area contributed by atoms with Crippen LogP contribution >= 0.6 is 0 Å². The predicted octanol–water partition coefficient (Wildman–Crippen LogP) is 8.31. The summed E-state index contributed by atoms with van der Waals surface area (Å²) in [5.41, 5.74) is 3.39. The minimum Gasteiger partial charge on any atom is -0.543 e. The fourth-order valence-electron chi connectivity index (χ4n) is 3.45. The Hall–Kier alpha value is -2.37. The van der Waals surface area contributed by atoms with Gasteiger partial charge < -0.3 is 13.9 Å². The summed E-state index contributed by atoms with van der Waals surface area (Å²) in [6.45, 7) is 20.0. The van der Waals surface area contributed by atoms with Crippen LogP contribution in [0.2, 0.25) is 18.1 Å². The molecular formula is C30H44O4Si. The number of para-hydroxylation sites is 1. The normalized spacial score (nSPS) is 14.2. The Balaban J connectivity index is 2.09. The average Bonchev–Trinajstić information content (AvgIpc) is 2.77. The molecule has 2 unspecified atom stereocenters. The molecule has 0 aliphatic carbocycles. The number of ether oxygens (including phenoxy) is 2. The largest absolute Gasteiger partial charge is 0.543 e. The molecule has 0 aromatic heterocycles. The molecule has 35 heavy (non-hydrogen) atoms. The lowest BCUT2D eigenvalue weighted by Gasteiger charge is -2.36. The number of esters is 1. The highest BCUT2D eigenvalue weighted by Gasteiger charge is 2.39. The van der Waals surface area contributed by atoms with Gasteiger partial charge in [0.25, 0.3) is 8.32 Å². The van der Waals surface area contributed by atoms with E-state index in [-0.39, 0.29) is 11.0 Å². The van der Waals surface area contributed by atoms with Crippen LogP contribution in [0.25, 0.3) is 6.08 Å². The molecule has 0 bridgehead atoms. The molecule has 2 aromatic rings. The standard InChI is InChI=1S/C30H44O4Si/c1-10-32-29(20-23(4)26-16-13-15-25(21-26)22(2)3)33-28(31)19-18-24-14-11-12-17-27(24)34-35(8,9)30(5,6)7/h11-19,21-23,29H,10,20H2,1-9H3. The van der Waals surface area contributed by atoms with Crippen LogP contribution in [0.5, 0.6) is 5.75 Å². The fourth-order valence-corrected chi connectivity index (χ4v) is 4.49. The number of benzene rings is 2. The number of hydrogen-bond acceptors (Lipinski definition) is 4. The summed E-state index contributed by atoms with van der Waals surface area (Å²) in [4.78, 5) is 12.7. The van der Waals surface area contributed by atoms with Gasteiger partial charge in [-0.1, -0.05) is 84.0 Å². The summed E-state index contributed by atoms with van der Waals surface area (Å²) in [5, 5.41) is 0.0822. The number of carbonyl (C=O) groups excluding carboxylic acids is 1. The molecule has 0 radical (unpaired) electrons. The zero-order valence-corrected chi connectivity index (χ0v) is 24.1. The van der Waals surface area contributed by atoms with E-state index >= 15 is 0 Å². The quantitative estimate of drug-likeness (QED) is 0.136. The van der Waals surface area contributed by atoms with Crippen molar-refractivity contribution in [3.8, 4) is 5.75 Å². The first-order chi connectivity index (χ1) is 16.3. The van der Waals surface area contributed by atoms with Crippen LogP contribution in [0.3, 0.4) is 0 Å². The van der Waals surface area contributed by atoms with Crippen molar-refractivity contribution in [3.05, 3.63) is 71.3 Å². The SMILES string of the molecule is CCOC(CC(C)c1cccc(C(C)C)c1)OC(=O)C=Cc1ccccc1O[Si](C)(C)C(C)(C)C. The second-order valence-corrected chi connectivity index (χ2v) is 15.7. The maximum atomic E-state index is 12.7. The molecular weight excluding hydrogens is 452 g/mol. The summed E-state index contributed by atoms with van der Waals surface area (Å²) in [6.07, 6.45) is 3.22. The monoisotopic (exact) mass is 496 g/mol. The Kier molecular flexibility index (Phi) is 10.3. The van der Waals surface area contributed by atoms with E-state index < -0.39 is 20.6 Å². The third kappa shape index (κ3) is 8.66. The fraction of sp³-hybridized carbons (Fsp3) is 0.500. The summed E-state index contributed by atoms with van der Waals surface area (Å²) in [5.74, 6) is 1.04. The van der Waals surface area contributed by atoms with Crippen LogP contribution in [0.1, 0.15) is 83.4 Å². The molecule has 0 N–H and O–H groups in total. The van der Waals surface area contributed by atoms with Crippen molar-refractivity contribution in [3.63, 3.8) is 0 Å². The van der Waals surface area contributed by atoms with Crippen LogP contribution in [0, 0.1) is 0 Å². The van der Waals surface area contributed by atoms with Gasteiger partial charge in [-0.2, -0.15) is 0 Å². The van der Waals surface area contributed by atoms with Gasteiger partial charge in [-0.05, 0) is 60.2 Å². The zero-order chi connectivity index (χ0) is 26.2. The first kappa shape index (κ1) is 28.9. The minimum atomic E-state index is -2.00. The molecule has 2 rings (SSSR count). The van der Waals surface area contributed by atoms with E-state index in [0.29, 0.717) is 18.9 Å². The van der Waals surface area contributed by atoms with Gasteiger partial charge in [-0.3, -0.25) is 0 Å². The Morgan fingerprint density at radius 2 is 1.66 bits per heavy atom. The van der Waals surface area contributed by atoms with Gasteiger partial charge >= 0.3 is 5.97 Å². The van der Waals surface area contributed by atoms with E-state index in [4.69, 9.17) is 13.9 Å². The Morgan fingerprint density at radius 3 is 2.29 bits per heavy atom. The minimum absolute atomic E-state index is 0.0822. The highest BCUT2D eigenvalue weighted by molar-refractivity contribution is 6.74. The van der Waals surface area contributed by atoms with E-state index in [2.05, 4.69) is 78.9 Å². The lowest BCUT2D eigenvalue weighted by atomic mass is 9.93. The smallest absolute Gasteiger partial charge is 0.333 e. The maximum Gasteiger partial charge on any atom is 0.333 e. The lowest BCUT2D eigenvalue weighted by Crippen LogP contribution is -2.44. The van der Waals surface area contributed by atoms with Crippen molar-refractivity contribution in [2.75, 3.05) is 6.61 Å². The number of rotatable bonds is 11. The van der Waals surface area contributed by atoms with E-state index in [1.807, 2.05) is 31.2 Å². The molecule has 2 atom stereocenters. The van der Waals surface area contributed by atoms with Gasteiger partial charge in [0.05, 0.1) is 0 Å². The Bertz CT molecular complexity index is 988. The van der Waals surface area contributed by atoms with Crippen LogP contribution in [0.15, 0.2) is 54.6 Å².